The first-order valence-corrected chi connectivity index (χ1v) is 6.80. The smallest absolute Gasteiger partial charge is 0.313 e. The van der Waals surface area contributed by atoms with Crippen molar-refractivity contribution in [3.05, 3.63) is 29.8 Å². The summed E-state index contributed by atoms with van der Waals surface area (Å²) >= 11 is 1.09. The molecule has 0 spiro atoms. The van der Waals surface area contributed by atoms with E-state index >= 15 is 0 Å². The third kappa shape index (κ3) is 3.31. The van der Waals surface area contributed by atoms with E-state index < -0.39 is 5.97 Å². The molecule has 100 valence electrons. The second kappa shape index (κ2) is 5.83. The van der Waals surface area contributed by atoms with Crippen LogP contribution in [0, 0.1) is 0 Å². The molecule has 0 amide bonds. The number of rotatable bonds is 5. The molecule has 0 atom stereocenters. The summed E-state index contributed by atoms with van der Waals surface area (Å²) in [5, 5.41) is 20.4. The van der Waals surface area contributed by atoms with Crippen molar-refractivity contribution in [2.24, 2.45) is 0 Å². The van der Waals surface area contributed by atoms with Crippen molar-refractivity contribution in [1.82, 2.24) is 20.2 Å². The largest absolute Gasteiger partial charge is 0.481 e. The van der Waals surface area contributed by atoms with Gasteiger partial charge in [-0.15, -0.1) is 5.10 Å². The molecule has 1 aromatic carbocycles. The fourth-order valence-electron chi connectivity index (χ4n) is 1.56. The van der Waals surface area contributed by atoms with Gasteiger partial charge in [-0.3, -0.25) is 4.79 Å². The maximum absolute atomic E-state index is 10.6. The minimum atomic E-state index is -0.894. The zero-order valence-electron chi connectivity index (χ0n) is 10.6. The number of hydrogen-bond donors (Lipinski definition) is 1. The van der Waals surface area contributed by atoms with Gasteiger partial charge in [0.15, 0.2) is 0 Å². The summed E-state index contributed by atoms with van der Waals surface area (Å²) in [6.07, 6.45) is 0. The molecule has 0 aliphatic heterocycles. The van der Waals surface area contributed by atoms with Gasteiger partial charge in [-0.05, 0) is 34.0 Å². The average Bonchev–Trinajstić information content (AvgIpc) is 2.84. The number of carboxylic acids is 1. The van der Waals surface area contributed by atoms with Crippen molar-refractivity contribution < 1.29 is 9.90 Å². The van der Waals surface area contributed by atoms with E-state index in [0.717, 1.165) is 17.4 Å². The van der Waals surface area contributed by atoms with Crippen LogP contribution in [0.4, 0.5) is 0 Å². The van der Waals surface area contributed by atoms with E-state index in [9.17, 15) is 4.79 Å². The Hall–Kier alpha value is -1.89. The van der Waals surface area contributed by atoms with E-state index in [-0.39, 0.29) is 5.75 Å². The third-order valence-corrected chi connectivity index (χ3v) is 3.47. The molecule has 6 nitrogen and oxygen atoms in total. The maximum atomic E-state index is 10.6. The Morgan fingerprint density at radius 3 is 2.63 bits per heavy atom. The van der Waals surface area contributed by atoms with Crippen molar-refractivity contribution in [2.45, 2.75) is 24.9 Å². The molecule has 0 unspecified atom stereocenters. The molecule has 2 aromatic rings. The maximum Gasteiger partial charge on any atom is 0.313 e. The monoisotopic (exact) mass is 278 g/mol. The number of tetrazole rings is 1. The molecule has 0 bridgehead atoms. The first kappa shape index (κ1) is 13.5. The Bertz CT molecular complexity index is 565. The Morgan fingerprint density at radius 2 is 2.05 bits per heavy atom. The molecule has 1 N–H and O–H groups in total. The Kier molecular flexibility index (Phi) is 4.16. The van der Waals surface area contributed by atoms with Gasteiger partial charge in [0.2, 0.25) is 5.16 Å². The first-order valence-electron chi connectivity index (χ1n) is 5.81. The molecule has 1 aromatic heterocycles. The van der Waals surface area contributed by atoms with Gasteiger partial charge in [0.1, 0.15) is 0 Å². The van der Waals surface area contributed by atoms with Gasteiger partial charge in [-0.2, -0.15) is 4.68 Å². The normalized spacial score (nSPS) is 10.9. The molecule has 19 heavy (non-hydrogen) atoms. The van der Waals surface area contributed by atoms with E-state index in [2.05, 4.69) is 29.4 Å². The Balaban J connectivity index is 2.22. The number of hydrogen-bond acceptors (Lipinski definition) is 5. The molecule has 2 rings (SSSR count). The minimum Gasteiger partial charge on any atom is -0.481 e. The highest BCUT2D eigenvalue weighted by molar-refractivity contribution is 7.99. The summed E-state index contributed by atoms with van der Waals surface area (Å²) in [5.41, 5.74) is 2.05. The number of aromatic nitrogens is 4. The van der Waals surface area contributed by atoms with Crippen LogP contribution < -0.4 is 0 Å². The average molecular weight is 278 g/mol. The zero-order valence-corrected chi connectivity index (χ0v) is 11.5. The van der Waals surface area contributed by atoms with Gasteiger partial charge < -0.3 is 5.11 Å². The van der Waals surface area contributed by atoms with Crippen LogP contribution in [0.2, 0.25) is 0 Å². The van der Waals surface area contributed by atoms with Gasteiger partial charge in [0.25, 0.3) is 0 Å². The number of benzene rings is 1. The van der Waals surface area contributed by atoms with Crippen LogP contribution in [0.25, 0.3) is 5.69 Å². The van der Waals surface area contributed by atoms with E-state index in [0.29, 0.717) is 11.1 Å². The van der Waals surface area contributed by atoms with Crippen molar-refractivity contribution in [1.29, 1.82) is 0 Å². The van der Waals surface area contributed by atoms with Gasteiger partial charge in [-0.1, -0.05) is 37.7 Å². The van der Waals surface area contributed by atoms with Crippen molar-refractivity contribution in [3.63, 3.8) is 0 Å². The van der Waals surface area contributed by atoms with Crippen LogP contribution >= 0.6 is 11.8 Å². The number of carbonyl (C=O) groups is 1. The quantitative estimate of drug-likeness (QED) is 0.842. The SMILES string of the molecule is CC(C)c1ccc(-n2nnnc2SCC(=O)O)cc1. The predicted octanol–water partition coefficient (Wildman–Crippen LogP) is 1.96. The van der Waals surface area contributed by atoms with E-state index in [1.165, 1.54) is 10.2 Å². The molecule has 0 aliphatic rings. The van der Waals surface area contributed by atoms with Crippen LogP contribution in [-0.2, 0) is 4.79 Å². The molecule has 0 aliphatic carbocycles. The second-order valence-corrected chi connectivity index (χ2v) is 5.24. The lowest BCUT2D eigenvalue weighted by Crippen LogP contribution is -2.03. The van der Waals surface area contributed by atoms with Crippen LogP contribution in [-0.4, -0.2) is 37.0 Å². The summed E-state index contributed by atoms with van der Waals surface area (Å²) in [6.45, 7) is 4.25. The van der Waals surface area contributed by atoms with Gasteiger partial charge in [-0.25, -0.2) is 0 Å². The number of carboxylic acid groups (broad SMARTS) is 1. The third-order valence-electron chi connectivity index (χ3n) is 2.57. The van der Waals surface area contributed by atoms with Crippen LogP contribution in [0.3, 0.4) is 0 Å². The van der Waals surface area contributed by atoms with Crippen LogP contribution in [0.15, 0.2) is 29.4 Å². The number of aliphatic carboxylic acids is 1. The van der Waals surface area contributed by atoms with Crippen molar-refractivity contribution in [3.8, 4) is 5.69 Å². The zero-order chi connectivity index (χ0) is 13.8. The summed E-state index contributed by atoms with van der Waals surface area (Å²) in [6, 6.07) is 7.90. The summed E-state index contributed by atoms with van der Waals surface area (Å²) in [7, 11) is 0. The molecule has 0 fully saturated rings. The molecular weight excluding hydrogens is 264 g/mol. The number of thioether (sulfide) groups is 1. The summed E-state index contributed by atoms with van der Waals surface area (Å²) < 4.78 is 1.54. The minimum absolute atomic E-state index is 0.0650. The highest BCUT2D eigenvalue weighted by Gasteiger charge is 2.11. The Morgan fingerprint density at radius 1 is 1.37 bits per heavy atom. The van der Waals surface area contributed by atoms with Gasteiger partial charge in [0.05, 0.1) is 11.4 Å². The summed E-state index contributed by atoms with van der Waals surface area (Å²) in [5.74, 6) is -0.497. The lowest BCUT2D eigenvalue weighted by Gasteiger charge is -2.07. The number of nitrogens with zero attached hydrogens (tertiary/aromatic N) is 4. The highest BCUT2D eigenvalue weighted by atomic mass is 32.2. The van der Waals surface area contributed by atoms with E-state index in [4.69, 9.17) is 5.11 Å². The van der Waals surface area contributed by atoms with E-state index in [1.54, 1.807) is 0 Å². The lowest BCUT2D eigenvalue weighted by molar-refractivity contribution is -0.133. The molecule has 7 heteroatoms. The lowest BCUT2D eigenvalue weighted by atomic mass is 10.0. The van der Waals surface area contributed by atoms with Crippen molar-refractivity contribution in [2.75, 3.05) is 5.75 Å². The predicted molar refractivity (Wildman–Crippen MR) is 71.6 cm³/mol. The van der Waals surface area contributed by atoms with Gasteiger partial charge in [0, 0.05) is 0 Å². The molecule has 0 saturated heterocycles. The highest BCUT2D eigenvalue weighted by Crippen LogP contribution is 2.20. The summed E-state index contributed by atoms with van der Waals surface area (Å²) in [4.78, 5) is 10.6. The molecule has 0 saturated carbocycles. The molecular formula is C12H14N4O2S. The van der Waals surface area contributed by atoms with Crippen molar-refractivity contribution >= 4 is 17.7 Å². The van der Waals surface area contributed by atoms with E-state index in [1.807, 2.05) is 24.3 Å². The molecule has 0 radical (unpaired) electrons. The van der Waals surface area contributed by atoms with Crippen LogP contribution in [0.1, 0.15) is 25.3 Å². The Labute approximate surface area is 114 Å². The molecule has 1 heterocycles. The fraction of sp³-hybridized carbons (Fsp3) is 0.333. The second-order valence-electron chi connectivity index (χ2n) is 4.30. The topological polar surface area (TPSA) is 80.9 Å². The standard InChI is InChI=1S/C12H14N4O2S/c1-8(2)9-3-5-10(6-4-9)16-12(13-14-15-16)19-7-11(17)18/h3-6,8H,7H2,1-2H3,(H,17,18). The fourth-order valence-corrected chi connectivity index (χ4v) is 2.17. The first-order chi connectivity index (χ1) is 9.08. The van der Waals surface area contributed by atoms with Crippen LogP contribution in [0.5, 0.6) is 0 Å². The van der Waals surface area contributed by atoms with Gasteiger partial charge >= 0.3 is 5.97 Å².